The molecular formula is C12H14Cl2INO. The zero-order valence-corrected chi connectivity index (χ0v) is 13.4. The molecule has 0 atom stereocenters. The zero-order valence-electron chi connectivity index (χ0n) is 9.69. The molecule has 0 fully saturated rings. The molecule has 0 heterocycles. The minimum absolute atomic E-state index is 0.126. The van der Waals surface area contributed by atoms with Gasteiger partial charge in [0.15, 0.2) is 0 Å². The molecule has 1 aromatic rings. The van der Waals surface area contributed by atoms with Crippen molar-refractivity contribution in [1.29, 1.82) is 0 Å². The molecule has 1 amide bonds. The van der Waals surface area contributed by atoms with Gasteiger partial charge in [0, 0.05) is 20.6 Å². The van der Waals surface area contributed by atoms with Crippen molar-refractivity contribution in [2.45, 2.75) is 25.8 Å². The number of benzene rings is 1. The van der Waals surface area contributed by atoms with Gasteiger partial charge in [0.2, 0.25) is 0 Å². The van der Waals surface area contributed by atoms with Gasteiger partial charge in [-0.25, -0.2) is 0 Å². The Bertz CT molecular complexity index is 421. The molecule has 0 saturated carbocycles. The van der Waals surface area contributed by atoms with Crippen LogP contribution in [0.1, 0.15) is 30.6 Å². The molecule has 1 aromatic carbocycles. The van der Waals surface area contributed by atoms with Crippen molar-refractivity contribution < 1.29 is 4.79 Å². The molecule has 1 N–H and O–H groups in total. The van der Waals surface area contributed by atoms with Crippen LogP contribution in [-0.2, 0) is 0 Å². The van der Waals surface area contributed by atoms with Crippen LogP contribution in [0, 0.1) is 3.57 Å². The van der Waals surface area contributed by atoms with E-state index in [-0.39, 0.29) is 11.4 Å². The second-order valence-corrected chi connectivity index (χ2v) is 6.35. The number of nitrogens with one attached hydrogen (secondary N) is 1. The molecule has 0 aromatic heterocycles. The topological polar surface area (TPSA) is 29.1 Å². The predicted molar refractivity (Wildman–Crippen MR) is 81.1 cm³/mol. The van der Waals surface area contributed by atoms with E-state index in [4.69, 9.17) is 23.2 Å². The van der Waals surface area contributed by atoms with Gasteiger partial charge in [-0.05, 0) is 61.1 Å². The first-order chi connectivity index (χ1) is 7.85. The van der Waals surface area contributed by atoms with Gasteiger partial charge in [-0.3, -0.25) is 4.79 Å². The van der Waals surface area contributed by atoms with Crippen LogP contribution in [0.15, 0.2) is 18.2 Å². The Labute approximate surface area is 125 Å². The Morgan fingerprint density at radius 1 is 1.47 bits per heavy atom. The molecule has 2 nitrogen and oxygen atoms in total. The fraction of sp³-hybridized carbons (Fsp3) is 0.417. The predicted octanol–water partition coefficient (Wildman–Crippen LogP) is 4.08. The summed E-state index contributed by atoms with van der Waals surface area (Å²) in [5, 5.41) is 3.53. The van der Waals surface area contributed by atoms with Crippen LogP contribution in [0.2, 0.25) is 5.02 Å². The van der Waals surface area contributed by atoms with Crippen LogP contribution < -0.4 is 5.32 Å². The van der Waals surface area contributed by atoms with Crippen LogP contribution in [0.4, 0.5) is 0 Å². The third-order valence-electron chi connectivity index (χ3n) is 2.35. The van der Waals surface area contributed by atoms with Crippen molar-refractivity contribution in [2.75, 3.05) is 5.88 Å². The maximum Gasteiger partial charge on any atom is 0.251 e. The summed E-state index contributed by atoms with van der Waals surface area (Å²) < 4.78 is 0.931. The van der Waals surface area contributed by atoms with E-state index in [1.807, 2.05) is 19.9 Å². The van der Waals surface area contributed by atoms with Crippen LogP contribution in [0.3, 0.4) is 0 Å². The van der Waals surface area contributed by atoms with Crippen molar-refractivity contribution >= 4 is 51.7 Å². The number of hydrogen-bond donors (Lipinski definition) is 1. The van der Waals surface area contributed by atoms with Gasteiger partial charge in [0.25, 0.3) is 5.91 Å². The van der Waals surface area contributed by atoms with E-state index in [2.05, 4.69) is 27.9 Å². The van der Waals surface area contributed by atoms with Crippen molar-refractivity contribution in [3.63, 3.8) is 0 Å². The Morgan fingerprint density at radius 3 is 2.65 bits per heavy atom. The minimum Gasteiger partial charge on any atom is -0.347 e. The second kappa shape index (κ2) is 6.25. The van der Waals surface area contributed by atoms with Crippen molar-refractivity contribution in [2.24, 2.45) is 0 Å². The normalized spacial score (nSPS) is 11.4. The smallest absolute Gasteiger partial charge is 0.251 e. The molecule has 17 heavy (non-hydrogen) atoms. The Morgan fingerprint density at radius 2 is 2.12 bits per heavy atom. The highest BCUT2D eigenvalue weighted by Crippen LogP contribution is 2.20. The number of alkyl halides is 1. The standard InChI is InChI=1S/C12H14Cl2INO/c1-12(2,5-6-13)16-11(17)8-3-4-10(15)9(14)7-8/h3-4,7H,5-6H2,1-2H3,(H,16,17). The van der Waals surface area contributed by atoms with Crippen LogP contribution >= 0.6 is 45.8 Å². The van der Waals surface area contributed by atoms with Crippen LogP contribution in [0.25, 0.3) is 0 Å². The second-order valence-electron chi connectivity index (χ2n) is 4.41. The van der Waals surface area contributed by atoms with Crippen molar-refractivity contribution in [1.82, 2.24) is 5.32 Å². The lowest BCUT2D eigenvalue weighted by molar-refractivity contribution is 0.0911. The molecule has 0 bridgehead atoms. The third kappa shape index (κ3) is 4.64. The number of amides is 1. The lowest BCUT2D eigenvalue weighted by atomic mass is 10.0. The lowest BCUT2D eigenvalue weighted by Crippen LogP contribution is -2.43. The summed E-state index contributed by atoms with van der Waals surface area (Å²) in [6, 6.07) is 5.27. The highest BCUT2D eigenvalue weighted by molar-refractivity contribution is 14.1. The number of carbonyl (C=O) groups excluding carboxylic acids is 1. The number of carbonyl (C=O) groups is 1. The molecule has 0 spiro atoms. The summed E-state index contributed by atoms with van der Waals surface area (Å²) in [7, 11) is 0. The van der Waals surface area contributed by atoms with E-state index < -0.39 is 0 Å². The highest BCUT2D eigenvalue weighted by Gasteiger charge is 2.20. The molecule has 0 aliphatic carbocycles. The maximum atomic E-state index is 12.0. The van der Waals surface area contributed by atoms with E-state index in [0.717, 1.165) is 9.99 Å². The summed E-state index contributed by atoms with van der Waals surface area (Å²) in [6.45, 7) is 3.89. The fourth-order valence-corrected chi connectivity index (χ4v) is 2.30. The quantitative estimate of drug-likeness (QED) is 0.614. The van der Waals surface area contributed by atoms with Gasteiger partial charge < -0.3 is 5.32 Å². The molecule has 94 valence electrons. The average Bonchev–Trinajstić information content (AvgIpc) is 2.21. The summed E-state index contributed by atoms with van der Waals surface area (Å²) in [5.41, 5.74) is 0.256. The van der Waals surface area contributed by atoms with E-state index in [1.165, 1.54) is 0 Å². The first-order valence-corrected chi connectivity index (χ1v) is 7.18. The van der Waals surface area contributed by atoms with Gasteiger partial charge in [-0.2, -0.15) is 0 Å². The van der Waals surface area contributed by atoms with E-state index in [0.29, 0.717) is 16.5 Å². The fourth-order valence-electron chi connectivity index (χ4n) is 1.32. The Balaban J connectivity index is 2.80. The van der Waals surface area contributed by atoms with Gasteiger partial charge in [-0.15, -0.1) is 11.6 Å². The number of hydrogen-bond acceptors (Lipinski definition) is 1. The molecule has 0 aliphatic rings. The summed E-state index contributed by atoms with van der Waals surface area (Å²) in [6.07, 6.45) is 0.721. The van der Waals surface area contributed by atoms with Gasteiger partial charge in [0.05, 0.1) is 5.02 Å². The van der Waals surface area contributed by atoms with Gasteiger partial charge in [0.1, 0.15) is 0 Å². The van der Waals surface area contributed by atoms with Gasteiger partial charge in [-0.1, -0.05) is 11.6 Å². The third-order valence-corrected chi connectivity index (χ3v) is 4.11. The Hall–Kier alpha value is -0.0000000000000000555. The summed E-state index contributed by atoms with van der Waals surface area (Å²) in [5.74, 6) is 0.388. The van der Waals surface area contributed by atoms with Gasteiger partial charge >= 0.3 is 0 Å². The SMILES string of the molecule is CC(C)(CCCl)NC(=O)c1ccc(I)c(Cl)c1. The first kappa shape index (κ1) is 15.1. The Kier molecular flexibility index (Phi) is 5.54. The monoisotopic (exact) mass is 385 g/mol. The molecule has 0 saturated heterocycles. The molecule has 0 radical (unpaired) electrons. The van der Waals surface area contributed by atoms with Crippen molar-refractivity contribution in [3.05, 3.63) is 32.4 Å². The minimum atomic E-state index is -0.311. The highest BCUT2D eigenvalue weighted by atomic mass is 127. The average molecular weight is 386 g/mol. The van der Waals surface area contributed by atoms with Crippen molar-refractivity contribution in [3.8, 4) is 0 Å². The summed E-state index contributed by atoms with van der Waals surface area (Å²) in [4.78, 5) is 12.0. The molecule has 0 unspecified atom stereocenters. The largest absolute Gasteiger partial charge is 0.347 e. The first-order valence-electron chi connectivity index (χ1n) is 5.19. The van der Waals surface area contributed by atoms with E-state index in [1.54, 1.807) is 12.1 Å². The maximum absolute atomic E-state index is 12.0. The number of rotatable bonds is 4. The van der Waals surface area contributed by atoms with Crippen LogP contribution in [0.5, 0.6) is 0 Å². The molecule has 5 heteroatoms. The zero-order chi connectivity index (χ0) is 13.1. The molecular weight excluding hydrogens is 372 g/mol. The van der Waals surface area contributed by atoms with E-state index >= 15 is 0 Å². The van der Waals surface area contributed by atoms with Crippen LogP contribution in [-0.4, -0.2) is 17.3 Å². The lowest BCUT2D eigenvalue weighted by Gasteiger charge is -2.25. The summed E-state index contributed by atoms with van der Waals surface area (Å²) >= 11 is 13.8. The molecule has 1 rings (SSSR count). The molecule has 0 aliphatic heterocycles. The van der Waals surface area contributed by atoms with E-state index in [9.17, 15) is 4.79 Å². The number of halogens is 3.